The number of aliphatic carboxylic acids is 1. The van der Waals surface area contributed by atoms with Crippen LogP contribution < -0.4 is 4.74 Å². The molecule has 5 atom stereocenters. The molecular formula is C23H30F3NaO6. The summed E-state index contributed by atoms with van der Waals surface area (Å²) in [6.45, 7) is -0.267. The van der Waals surface area contributed by atoms with Gasteiger partial charge in [0.2, 0.25) is 0 Å². The van der Waals surface area contributed by atoms with Crippen LogP contribution in [-0.4, -0.2) is 80.9 Å². The number of rotatable bonds is 11. The number of halogens is 3. The molecule has 1 aromatic carbocycles. The molecule has 33 heavy (non-hydrogen) atoms. The van der Waals surface area contributed by atoms with Gasteiger partial charge >= 0.3 is 41.7 Å². The number of alkyl halides is 3. The van der Waals surface area contributed by atoms with Crippen LogP contribution in [0.25, 0.3) is 0 Å². The van der Waals surface area contributed by atoms with E-state index >= 15 is 0 Å². The van der Waals surface area contributed by atoms with Crippen LogP contribution in [0.5, 0.6) is 5.75 Å². The summed E-state index contributed by atoms with van der Waals surface area (Å²) in [5.74, 6) is -1.55. The van der Waals surface area contributed by atoms with Crippen molar-refractivity contribution < 1.29 is 43.1 Å². The predicted molar refractivity (Wildman–Crippen MR) is 118 cm³/mol. The van der Waals surface area contributed by atoms with Crippen molar-refractivity contribution in [1.82, 2.24) is 0 Å². The van der Waals surface area contributed by atoms with Crippen molar-refractivity contribution in [3.05, 3.63) is 54.1 Å². The van der Waals surface area contributed by atoms with Crippen LogP contribution >= 0.6 is 0 Å². The standard InChI is InChI=1S/C23H29F3O6.Na.H/c24-23(25,26)15-6-5-7-17(12-15)32-14-16(27)10-11-19-18(20(28)13-21(19)29)8-3-1-2-4-9-22(30)31;;/h1,3,5-7,10-12,16,18-21,27-29H,2,4,8-9,13-14H2,(H,30,31);;/b3-1-,11-10+;;/t16-,18-,19-,20+,21-;;/m1../s1. The quantitative estimate of drug-likeness (QED) is 0.220. The van der Waals surface area contributed by atoms with Gasteiger partial charge in [0.1, 0.15) is 18.5 Å². The van der Waals surface area contributed by atoms with Crippen molar-refractivity contribution in [2.75, 3.05) is 6.61 Å². The van der Waals surface area contributed by atoms with Gasteiger partial charge in [-0.3, -0.25) is 4.79 Å². The molecule has 0 unspecified atom stereocenters. The third-order valence-electron chi connectivity index (χ3n) is 5.39. The third-order valence-corrected chi connectivity index (χ3v) is 5.39. The molecular weight excluding hydrogens is 452 g/mol. The molecule has 0 aliphatic heterocycles. The number of aliphatic hydroxyl groups excluding tert-OH is 3. The van der Waals surface area contributed by atoms with Crippen LogP contribution in [0.4, 0.5) is 13.2 Å². The van der Waals surface area contributed by atoms with E-state index in [1.54, 1.807) is 6.08 Å². The molecule has 1 aliphatic carbocycles. The van der Waals surface area contributed by atoms with Crippen LogP contribution in [-0.2, 0) is 11.0 Å². The minimum absolute atomic E-state index is 0. The summed E-state index contributed by atoms with van der Waals surface area (Å²) in [5, 5.41) is 39.2. The van der Waals surface area contributed by atoms with Gasteiger partial charge < -0.3 is 25.2 Å². The Morgan fingerprint density at radius 3 is 2.61 bits per heavy atom. The van der Waals surface area contributed by atoms with E-state index in [1.165, 1.54) is 18.2 Å². The summed E-state index contributed by atoms with van der Waals surface area (Å²) in [6, 6.07) is 4.36. The number of aliphatic hydroxyl groups is 3. The van der Waals surface area contributed by atoms with E-state index in [4.69, 9.17) is 9.84 Å². The van der Waals surface area contributed by atoms with Gasteiger partial charge in [-0.05, 0) is 43.4 Å². The summed E-state index contributed by atoms with van der Waals surface area (Å²) >= 11 is 0. The van der Waals surface area contributed by atoms with Crippen molar-refractivity contribution in [2.24, 2.45) is 11.8 Å². The van der Waals surface area contributed by atoms with Gasteiger partial charge in [-0.2, -0.15) is 13.2 Å². The maximum absolute atomic E-state index is 12.8. The molecule has 0 radical (unpaired) electrons. The third kappa shape index (κ3) is 10.2. The second-order valence-corrected chi connectivity index (χ2v) is 7.89. The van der Waals surface area contributed by atoms with Crippen LogP contribution in [0, 0.1) is 11.8 Å². The number of allylic oxidation sites excluding steroid dienone is 2. The first kappa shape index (κ1) is 29.7. The zero-order valence-electron chi connectivity index (χ0n) is 17.5. The average Bonchev–Trinajstić information content (AvgIpc) is 2.99. The average molecular weight is 482 g/mol. The summed E-state index contributed by atoms with van der Waals surface area (Å²) in [4.78, 5) is 10.5. The minimum atomic E-state index is -4.49. The molecule has 2 rings (SSSR count). The molecule has 1 aliphatic rings. The number of benzene rings is 1. The Morgan fingerprint density at radius 1 is 1.21 bits per heavy atom. The first-order valence-corrected chi connectivity index (χ1v) is 10.5. The molecule has 1 aromatic rings. The number of hydrogen-bond donors (Lipinski definition) is 4. The number of unbranched alkanes of at least 4 members (excludes halogenated alkanes) is 1. The zero-order valence-corrected chi connectivity index (χ0v) is 17.5. The Bertz CT molecular complexity index is 799. The molecule has 0 saturated heterocycles. The number of hydrogen-bond acceptors (Lipinski definition) is 5. The topological polar surface area (TPSA) is 107 Å². The second-order valence-electron chi connectivity index (χ2n) is 7.89. The summed E-state index contributed by atoms with van der Waals surface area (Å²) in [5.41, 5.74) is -0.845. The zero-order chi connectivity index (χ0) is 23.7. The van der Waals surface area contributed by atoms with E-state index in [9.17, 15) is 33.3 Å². The maximum atomic E-state index is 12.8. The molecule has 0 bridgehead atoms. The first-order chi connectivity index (χ1) is 15.1. The fourth-order valence-electron chi connectivity index (χ4n) is 3.70. The SMILES string of the molecule is O=C(O)CCC/C=C\C[C@@H]1[C@@H](/C=C/[C@@H](O)COc2cccc(C(F)(F)F)c2)[C@H](O)C[C@@H]1O.[NaH]. The number of carboxylic acids is 1. The van der Waals surface area contributed by atoms with Crippen LogP contribution in [0.15, 0.2) is 48.6 Å². The molecule has 0 amide bonds. The summed E-state index contributed by atoms with van der Waals surface area (Å²) in [7, 11) is 0. The van der Waals surface area contributed by atoms with Gasteiger partial charge in [-0.25, -0.2) is 0 Å². The van der Waals surface area contributed by atoms with E-state index in [-0.39, 0.29) is 60.7 Å². The van der Waals surface area contributed by atoms with E-state index in [0.717, 1.165) is 12.1 Å². The van der Waals surface area contributed by atoms with Crippen molar-refractivity contribution in [3.63, 3.8) is 0 Å². The monoisotopic (exact) mass is 482 g/mol. The van der Waals surface area contributed by atoms with E-state index in [2.05, 4.69) is 0 Å². The van der Waals surface area contributed by atoms with Gasteiger partial charge in [0.05, 0.1) is 17.8 Å². The number of carbonyl (C=O) groups is 1. The van der Waals surface area contributed by atoms with Crippen molar-refractivity contribution in [2.45, 2.75) is 56.6 Å². The van der Waals surface area contributed by atoms with Gasteiger partial charge in [0.15, 0.2) is 0 Å². The van der Waals surface area contributed by atoms with E-state index < -0.39 is 41.9 Å². The Morgan fingerprint density at radius 2 is 1.94 bits per heavy atom. The molecule has 1 fully saturated rings. The second kappa shape index (κ2) is 14.1. The first-order valence-electron chi connectivity index (χ1n) is 10.5. The molecule has 0 aromatic heterocycles. The summed E-state index contributed by atoms with van der Waals surface area (Å²) in [6.07, 6.45) is 1.48. The number of ether oxygens (including phenoxy) is 1. The molecule has 0 heterocycles. The predicted octanol–water partition coefficient (Wildman–Crippen LogP) is 2.91. The molecule has 10 heteroatoms. The molecule has 180 valence electrons. The fraction of sp³-hybridized carbons (Fsp3) is 0.522. The van der Waals surface area contributed by atoms with E-state index in [0.29, 0.717) is 19.3 Å². The Kier molecular flexibility index (Phi) is 12.7. The molecule has 1 saturated carbocycles. The van der Waals surface area contributed by atoms with Gasteiger partial charge in [0, 0.05) is 18.8 Å². The van der Waals surface area contributed by atoms with Crippen molar-refractivity contribution >= 4 is 35.5 Å². The van der Waals surface area contributed by atoms with Crippen LogP contribution in [0.2, 0.25) is 0 Å². The van der Waals surface area contributed by atoms with Crippen LogP contribution in [0.3, 0.4) is 0 Å². The summed E-state index contributed by atoms with van der Waals surface area (Å²) < 4.78 is 43.5. The Balaban J connectivity index is 0.00000544. The van der Waals surface area contributed by atoms with Crippen LogP contribution in [0.1, 0.15) is 37.7 Å². The Hall–Kier alpha value is -1.36. The molecule has 0 spiro atoms. The Labute approximate surface area is 213 Å². The van der Waals surface area contributed by atoms with Gasteiger partial charge in [-0.1, -0.05) is 30.4 Å². The molecule has 4 N–H and O–H groups in total. The van der Waals surface area contributed by atoms with Crippen molar-refractivity contribution in [3.8, 4) is 5.75 Å². The van der Waals surface area contributed by atoms with Gasteiger partial charge in [-0.15, -0.1) is 0 Å². The van der Waals surface area contributed by atoms with Gasteiger partial charge in [0.25, 0.3) is 0 Å². The fourth-order valence-corrected chi connectivity index (χ4v) is 3.70. The molecule has 6 nitrogen and oxygen atoms in total. The van der Waals surface area contributed by atoms with Crippen molar-refractivity contribution in [1.29, 1.82) is 0 Å². The number of carboxylic acid groups (broad SMARTS) is 1. The normalized spacial score (nSPS) is 24.2. The van der Waals surface area contributed by atoms with E-state index in [1.807, 2.05) is 12.2 Å².